The summed E-state index contributed by atoms with van der Waals surface area (Å²) in [5.41, 5.74) is 5.64. The van der Waals surface area contributed by atoms with E-state index in [1.807, 2.05) is 20.8 Å². The zero-order valence-electron chi connectivity index (χ0n) is 14.5. The van der Waals surface area contributed by atoms with Crippen molar-refractivity contribution in [3.8, 4) is 0 Å². The highest BCUT2D eigenvalue weighted by Crippen LogP contribution is 2.34. The fourth-order valence-electron chi connectivity index (χ4n) is 3.18. The van der Waals surface area contributed by atoms with E-state index >= 15 is 0 Å². The number of benzene rings is 1. The first kappa shape index (κ1) is 18.6. The Labute approximate surface area is 142 Å². The molecule has 1 aromatic rings. The van der Waals surface area contributed by atoms with Gasteiger partial charge in [-0.25, -0.2) is 13.6 Å². The van der Waals surface area contributed by atoms with Crippen LogP contribution in [-0.4, -0.2) is 36.2 Å². The summed E-state index contributed by atoms with van der Waals surface area (Å²) in [7, 11) is 0. The highest BCUT2D eigenvalue weighted by molar-refractivity contribution is 5.68. The number of piperidine rings is 1. The Balaban J connectivity index is 2.02. The van der Waals surface area contributed by atoms with Crippen molar-refractivity contribution in [2.75, 3.05) is 19.6 Å². The van der Waals surface area contributed by atoms with E-state index in [-0.39, 0.29) is 24.5 Å². The standard InChI is InChI=1S/C18H26F2N2O2/c1-18(2,3)24-17(23)22-8-6-12(7-9-22)15(11-21)14-10-13(19)4-5-16(14)20/h4-5,10,12,15H,6-9,11,21H2,1-3H3. The van der Waals surface area contributed by atoms with Crippen LogP contribution in [0.5, 0.6) is 0 Å². The van der Waals surface area contributed by atoms with Crippen molar-refractivity contribution < 1.29 is 18.3 Å². The van der Waals surface area contributed by atoms with Gasteiger partial charge in [-0.05, 0) is 69.8 Å². The molecule has 1 saturated heterocycles. The molecule has 1 aliphatic rings. The molecule has 2 N–H and O–H groups in total. The summed E-state index contributed by atoms with van der Waals surface area (Å²) in [6.07, 6.45) is 1.05. The first-order valence-electron chi connectivity index (χ1n) is 8.34. The third kappa shape index (κ3) is 4.66. The van der Waals surface area contributed by atoms with E-state index in [4.69, 9.17) is 10.5 Å². The molecule has 0 saturated carbocycles. The van der Waals surface area contributed by atoms with E-state index in [9.17, 15) is 13.6 Å². The second-order valence-corrected chi connectivity index (χ2v) is 7.31. The summed E-state index contributed by atoms with van der Waals surface area (Å²) in [5, 5.41) is 0. The summed E-state index contributed by atoms with van der Waals surface area (Å²) in [6, 6.07) is 3.48. The van der Waals surface area contributed by atoms with Crippen molar-refractivity contribution in [3.05, 3.63) is 35.4 Å². The number of rotatable bonds is 3. The number of halogens is 2. The first-order chi connectivity index (χ1) is 11.2. The molecule has 1 atom stereocenters. The monoisotopic (exact) mass is 340 g/mol. The normalized spacial score (nSPS) is 17.7. The van der Waals surface area contributed by atoms with Crippen molar-refractivity contribution in [1.29, 1.82) is 0 Å². The Bertz CT molecular complexity index is 579. The van der Waals surface area contributed by atoms with Gasteiger partial charge in [0.2, 0.25) is 0 Å². The number of likely N-dealkylation sites (tertiary alicyclic amines) is 1. The minimum absolute atomic E-state index is 0.116. The Hall–Kier alpha value is -1.69. The molecular formula is C18H26F2N2O2. The molecule has 134 valence electrons. The number of carbonyl (C=O) groups excluding carboxylic acids is 1. The molecule has 0 spiro atoms. The van der Waals surface area contributed by atoms with Crippen LogP contribution in [-0.2, 0) is 4.74 Å². The molecular weight excluding hydrogens is 314 g/mol. The van der Waals surface area contributed by atoms with Gasteiger partial charge in [-0.15, -0.1) is 0 Å². The van der Waals surface area contributed by atoms with Gasteiger partial charge < -0.3 is 15.4 Å². The molecule has 1 aromatic carbocycles. The lowest BCUT2D eigenvalue weighted by Crippen LogP contribution is -2.43. The van der Waals surface area contributed by atoms with E-state index < -0.39 is 17.2 Å². The van der Waals surface area contributed by atoms with Crippen molar-refractivity contribution in [1.82, 2.24) is 4.90 Å². The number of nitrogens with two attached hydrogens (primary N) is 1. The second kappa shape index (κ2) is 7.47. The maximum absolute atomic E-state index is 14.0. The maximum atomic E-state index is 14.0. The Morgan fingerprint density at radius 1 is 1.33 bits per heavy atom. The van der Waals surface area contributed by atoms with Gasteiger partial charge in [0.1, 0.15) is 17.2 Å². The predicted molar refractivity (Wildman–Crippen MR) is 88.7 cm³/mol. The van der Waals surface area contributed by atoms with Crippen molar-refractivity contribution in [3.63, 3.8) is 0 Å². The smallest absolute Gasteiger partial charge is 0.410 e. The summed E-state index contributed by atoms with van der Waals surface area (Å²) >= 11 is 0. The second-order valence-electron chi connectivity index (χ2n) is 7.31. The molecule has 1 unspecified atom stereocenters. The number of carbonyl (C=O) groups is 1. The van der Waals surface area contributed by atoms with Gasteiger partial charge in [0, 0.05) is 19.0 Å². The Morgan fingerprint density at radius 3 is 2.50 bits per heavy atom. The molecule has 1 amide bonds. The van der Waals surface area contributed by atoms with E-state index in [1.54, 1.807) is 4.90 Å². The maximum Gasteiger partial charge on any atom is 0.410 e. The van der Waals surface area contributed by atoms with Crippen LogP contribution in [0.1, 0.15) is 45.1 Å². The van der Waals surface area contributed by atoms with Crippen LogP contribution >= 0.6 is 0 Å². The minimum atomic E-state index is -0.529. The number of hydrogen-bond donors (Lipinski definition) is 1. The summed E-state index contributed by atoms with van der Waals surface area (Å²) in [6.45, 7) is 6.80. The average Bonchev–Trinajstić information content (AvgIpc) is 2.50. The van der Waals surface area contributed by atoms with Crippen LogP contribution < -0.4 is 5.73 Å². The number of ether oxygens (including phenoxy) is 1. The zero-order chi connectivity index (χ0) is 17.9. The van der Waals surface area contributed by atoms with E-state index in [0.717, 1.165) is 12.1 Å². The van der Waals surface area contributed by atoms with Gasteiger partial charge in [0.15, 0.2) is 0 Å². The minimum Gasteiger partial charge on any atom is -0.444 e. The van der Waals surface area contributed by atoms with E-state index in [1.165, 1.54) is 6.07 Å². The van der Waals surface area contributed by atoms with Gasteiger partial charge in [-0.1, -0.05) is 0 Å². The highest BCUT2D eigenvalue weighted by atomic mass is 19.1. The fraction of sp³-hybridized carbons (Fsp3) is 0.611. The van der Waals surface area contributed by atoms with Gasteiger partial charge in [-0.2, -0.15) is 0 Å². The molecule has 6 heteroatoms. The van der Waals surface area contributed by atoms with Crippen LogP contribution in [0.2, 0.25) is 0 Å². The average molecular weight is 340 g/mol. The topological polar surface area (TPSA) is 55.6 Å². The van der Waals surface area contributed by atoms with Crippen LogP contribution in [0.15, 0.2) is 18.2 Å². The summed E-state index contributed by atoms with van der Waals surface area (Å²) in [4.78, 5) is 13.8. The largest absolute Gasteiger partial charge is 0.444 e. The Kier molecular flexibility index (Phi) is 5.80. The van der Waals surface area contributed by atoms with Crippen LogP contribution in [0.25, 0.3) is 0 Å². The molecule has 4 nitrogen and oxygen atoms in total. The lowest BCUT2D eigenvalue weighted by Gasteiger charge is -2.36. The van der Waals surface area contributed by atoms with Crippen LogP contribution in [0, 0.1) is 17.6 Å². The molecule has 24 heavy (non-hydrogen) atoms. The highest BCUT2D eigenvalue weighted by Gasteiger charge is 2.32. The molecule has 1 aliphatic heterocycles. The lowest BCUT2D eigenvalue weighted by atomic mass is 9.80. The lowest BCUT2D eigenvalue weighted by molar-refractivity contribution is 0.0174. The van der Waals surface area contributed by atoms with E-state index in [0.29, 0.717) is 31.5 Å². The number of nitrogens with zero attached hydrogens (tertiary/aromatic N) is 1. The number of hydrogen-bond acceptors (Lipinski definition) is 3. The molecule has 0 aliphatic carbocycles. The van der Waals surface area contributed by atoms with Crippen LogP contribution in [0.4, 0.5) is 13.6 Å². The van der Waals surface area contributed by atoms with Gasteiger partial charge in [0.05, 0.1) is 0 Å². The van der Waals surface area contributed by atoms with Crippen molar-refractivity contribution in [2.24, 2.45) is 11.7 Å². The molecule has 0 radical (unpaired) electrons. The molecule has 2 rings (SSSR count). The molecule has 0 aromatic heterocycles. The summed E-state index contributed by atoms with van der Waals surface area (Å²) in [5.74, 6) is -1.02. The van der Waals surface area contributed by atoms with Crippen molar-refractivity contribution >= 4 is 6.09 Å². The SMILES string of the molecule is CC(C)(C)OC(=O)N1CCC(C(CN)c2cc(F)ccc2F)CC1. The summed E-state index contributed by atoms with van der Waals surface area (Å²) < 4.78 is 32.9. The molecule has 1 fully saturated rings. The van der Waals surface area contributed by atoms with Crippen LogP contribution in [0.3, 0.4) is 0 Å². The number of amides is 1. The van der Waals surface area contributed by atoms with E-state index in [2.05, 4.69) is 0 Å². The zero-order valence-corrected chi connectivity index (χ0v) is 14.5. The quantitative estimate of drug-likeness (QED) is 0.914. The fourth-order valence-corrected chi connectivity index (χ4v) is 3.18. The van der Waals surface area contributed by atoms with Crippen molar-refractivity contribution in [2.45, 2.75) is 45.1 Å². The predicted octanol–water partition coefficient (Wildman–Crippen LogP) is 3.65. The van der Waals surface area contributed by atoms with Gasteiger partial charge in [0.25, 0.3) is 0 Å². The van der Waals surface area contributed by atoms with Gasteiger partial charge >= 0.3 is 6.09 Å². The molecule has 0 bridgehead atoms. The molecule has 1 heterocycles. The third-order valence-electron chi connectivity index (χ3n) is 4.37. The van der Waals surface area contributed by atoms with Gasteiger partial charge in [-0.3, -0.25) is 0 Å². The first-order valence-corrected chi connectivity index (χ1v) is 8.34. The Morgan fingerprint density at radius 2 is 1.96 bits per heavy atom. The third-order valence-corrected chi connectivity index (χ3v) is 4.37.